The van der Waals surface area contributed by atoms with E-state index in [1.54, 1.807) is 6.07 Å². The van der Waals surface area contributed by atoms with Crippen LogP contribution in [0.4, 0.5) is 11.4 Å². The van der Waals surface area contributed by atoms with Gasteiger partial charge in [0.1, 0.15) is 12.4 Å². The number of carbonyl (C=O) groups is 1. The molecular formula is C22H35N5O4S. The summed E-state index contributed by atoms with van der Waals surface area (Å²) in [7, 11) is -2.14. The maximum atomic E-state index is 13.3. The van der Waals surface area contributed by atoms with Crippen LogP contribution in [0.2, 0.25) is 0 Å². The summed E-state index contributed by atoms with van der Waals surface area (Å²) in [6.45, 7) is 8.33. The van der Waals surface area contributed by atoms with Crippen molar-refractivity contribution in [3.8, 4) is 5.75 Å². The Bertz CT molecular complexity index is 954. The largest absolute Gasteiger partial charge is 0.489 e. The monoisotopic (exact) mass is 465 g/mol. The highest BCUT2D eigenvalue weighted by molar-refractivity contribution is 7.89. The molecule has 0 aromatic heterocycles. The molecule has 0 spiro atoms. The number of amides is 1. The summed E-state index contributed by atoms with van der Waals surface area (Å²) in [6.07, 6.45) is 1.61. The maximum Gasteiger partial charge on any atom is 0.239 e. The number of hydrazine groups is 1. The molecule has 1 saturated carbocycles. The average molecular weight is 466 g/mol. The zero-order valence-corrected chi connectivity index (χ0v) is 20.1. The number of hydrogen-bond acceptors (Lipinski definition) is 7. The number of nitrogens with one attached hydrogen (secondary N) is 3. The Morgan fingerprint density at radius 3 is 2.88 bits per heavy atom. The standard InChI is InChI=1S/C22H35N5O4S/c1-14(2)27-7-8-31-19-11-17(5-6-18(19)27)24-21(28)13-26(4)32(29,30)20-10-15(3)9-16-12-23-25-22(16)20/h5-6,11,14-16,20,22-23,25H,7-10,12-13H2,1-4H3,(H,24,28). The highest BCUT2D eigenvalue weighted by Gasteiger charge is 2.46. The van der Waals surface area contributed by atoms with Gasteiger partial charge in [-0.2, -0.15) is 4.31 Å². The van der Waals surface area contributed by atoms with Gasteiger partial charge in [-0.25, -0.2) is 8.42 Å². The molecule has 2 aliphatic heterocycles. The molecule has 1 aliphatic carbocycles. The third-order valence-electron chi connectivity index (χ3n) is 6.83. The van der Waals surface area contributed by atoms with Gasteiger partial charge in [0, 0.05) is 37.4 Å². The number of sulfonamides is 1. The van der Waals surface area contributed by atoms with Crippen molar-refractivity contribution in [3.05, 3.63) is 18.2 Å². The topological polar surface area (TPSA) is 103 Å². The number of anilines is 2. The van der Waals surface area contributed by atoms with Crippen LogP contribution in [-0.4, -0.2) is 69.3 Å². The molecule has 4 unspecified atom stereocenters. The Morgan fingerprint density at radius 2 is 2.12 bits per heavy atom. The van der Waals surface area contributed by atoms with Crippen molar-refractivity contribution in [3.63, 3.8) is 0 Å². The fourth-order valence-electron chi connectivity index (χ4n) is 5.22. The summed E-state index contributed by atoms with van der Waals surface area (Å²) in [6, 6.07) is 5.80. The van der Waals surface area contributed by atoms with E-state index in [0.717, 1.165) is 30.9 Å². The molecule has 1 aromatic rings. The first kappa shape index (κ1) is 23.3. The first-order valence-corrected chi connectivity index (χ1v) is 12.9. The predicted octanol–water partition coefficient (Wildman–Crippen LogP) is 1.39. The van der Waals surface area contributed by atoms with Crippen molar-refractivity contribution in [2.45, 2.75) is 50.9 Å². The molecular weight excluding hydrogens is 430 g/mol. The number of rotatable bonds is 6. The Morgan fingerprint density at radius 1 is 1.34 bits per heavy atom. The summed E-state index contributed by atoms with van der Waals surface area (Å²) in [5, 5.41) is 2.29. The molecule has 2 heterocycles. The van der Waals surface area contributed by atoms with Gasteiger partial charge in [-0.3, -0.25) is 15.6 Å². The number of likely N-dealkylation sites (N-methyl/N-ethyl adjacent to an activating group) is 1. The lowest BCUT2D eigenvalue weighted by molar-refractivity contribution is -0.116. The highest BCUT2D eigenvalue weighted by Crippen LogP contribution is 2.36. The van der Waals surface area contributed by atoms with Crippen molar-refractivity contribution >= 4 is 27.3 Å². The summed E-state index contributed by atoms with van der Waals surface area (Å²) >= 11 is 0. The minimum atomic E-state index is -3.63. The van der Waals surface area contributed by atoms with E-state index >= 15 is 0 Å². The molecule has 9 nitrogen and oxygen atoms in total. The van der Waals surface area contributed by atoms with Crippen molar-refractivity contribution in [1.29, 1.82) is 0 Å². The van der Waals surface area contributed by atoms with Crippen molar-refractivity contribution in [1.82, 2.24) is 15.2 Å². The minimum Gasteiger partial charge on any atom is -0.489 e. The maximum absolute atomic E-state index is 13.3. The summed E-state index contributed by atoms with van der Waals surface area (Å²) in [5.74, 6) is 0.985. The van der Waals surface area contributed by atoms with Crippen LogP contribution in [0.1, 0.15) is 33.6 Å². The highest BCUT2D eigenvalue weighted by atomic mass is 32.2. The minimum absolute atomic E-state index is 0.122. The van der Waals surface area contributed by atoms with Crippen LogP contribution >= 0.6 is 0 Å². The van der Waals surface area contributed by atoms with E-state index in [9.17, 15) is 13.2 Å². The molecule has 0 bridgehead atoms. The van der Waals surface area contributed by atoms with Crippen LogP contribution in [0.5, 0.6) is 5.75 Å². The predicted molar refractivity (Wildman–Crippen MR) is 125 cm³/mol. The van der Waals surface area contributed by atoms with Gasteiger partial charge in [-0.05, 0) is 50.7 Å². The second kappa shape index (κ2) is 9.17. The number of nitrogens with zero attached hydrogens (tertiary/aromatic N) is 2. The number of carbonyl (C=O) groups excluding carboxylic acids is 1. The fourth-order valence-corrected chi connectivity index (χ4v) is 7.21. The molecule has 1 saturated heterocycles. The van der Waals surface area contributed by atoms with Gasteiger partial charge in [0.2, 0.25) is 15.9 Å². The number of fused-ring (bicyclic) bond motifs is 2. The molecule has 4 atom stereocenters. The van der Waals surface area contributed by atoms with Crippen molar-refractivity contribution in [2.24, 2.45) is 11.8 Å². The van der Waals surface area contributed by atoms with Crippen molar-refractivity contribution in [2.75, 3.05) is 43.5 Å². The number of hydrogen-bond donors (Lipinski definition) is 3. The molecule has 32 heavy (non-hydrogen) atoms. The fraction of sp³-hybridized carbons (Fsp3) is 0.682. The molecule has 3 N–H and O–H groups in total. The number of ether oxygens (including phenoxy) is 1. The van der Waals surface area contributed by atoms with E-state index in [4.69, 9.17) is 4.74 Å². The van der Waals surface area contributed by atoms with E-state index < -0.39 is 15.3 Å². The lowest BCUT2D eigenvalue weighted by Gasteiger charge is -2.37. The third-order valence-corrected chi connectivity index (χ3v) is 9.08. The zero-order valence-electron chi connectivity index (χ0n) is 19.3. The molecule has 4 rings (SSSR count). The van der Waals surface area contributed by atoms with Crippen LogP contribution in [-0.2, 0) is 14.8 Å². The van der Waals surface area contributed by atoms with E-state index in [-0.39, 0.29) is 18.5 Å². The molecule has 2 fully saturated rings. The van der Waals surface area contributed by atoms with Crippen LogP contribution in [0.25, 0.3) is 0 Å². The van der Waals surface area contributed by atoms with E-state index in [0.29, 0.717) is 36.6 Å². The van der Waals surface area contributed by atoms with Gasteiger partial charge < -0.3 is 15.0 Å². The zero-order chi connectivity index (χ0) is 23.0. The molecule has 178 valence electrons. The molecule has 1 amide bonds. The summed E-state index contributed by atoms with van der Waals surface area (Å²) < 4.78 is 33.6. The Labute approximate surface area is 190 Å². The Kier molecular flexibility index (Phi) is 6.67. The SMILES string of the molecule is CC1CC2CNNC2C(S(=O)(=O)N(C)CC(=O)Nc2ccc3c(c2)OCCN3C(C)C)C1. The lowest BCUT2D eigenvalue weighted by Crippen LogP contribution is -2.53. The third kappa shape index (κ3) is 4.59. The first-order valence-electron chi connectivity index (χ1n) is 11.4. The second-order valence-corrected chi connectivity index (χ2v) is 11.9. The first-order chi connectivity index (χ1) is 15.2. The van der Waals surface area contributed by atoms with Gasteiger partial charge in [0.15, 0.2) is 0 Å². The van der Waals surface area contributed by atoms with Gasteiger partial charge >= 0.3 is 0 Å². The van der Waals surface area contributed by atoms with E-state index in [1.807, 2.05) is 12.1 Å². The Balaban J connectivity index is 1.41. The van der Waals surface area contributed by atoms with Crippen LogP contribution < -0.4 is 25.8 Å². The summed E-state index contributed by atoms with van der Waals surface area (Å²) in [4.78, 5) is 14.9. The van der Waals surface area contributed by atoms with E-state index in [2.05, 4.69) is 41.8 Å². The van der Waals surface area contributed by atoms with Crippen LogP contribution in [0, 0.1) is 11.8 Å². The van der Waals surface area contributed by atoms with Gasteiger partial charge in [-0.15, -0.1) is 0 Å². The molecule has 3 aliphatic rings. The normalized spacial score (nSPS) is 27.8. The van der Waals surface area contributed by atoms with Gasteiger partial charge in [-0.1, -0.05) is 6.92 Å². The van der Waals surface area contributed by atoms with Gasteiger partial charge in [0.05, 0.1) is 24.0 Å². The summed E-state index contributed by atoms with van der Waals surface area (Å²) in [5.41, 5.74) is 7.85. The van der Waals surface area contributed by atoms with Crippen molar-refractivity contribution < 1.29 is 17.9 Å². The van der Waals surface area contributed by atoms with E-state index in [1.165, 1.54) is 11.4 Å². The smallest absolute Gasteiger partial charge is 0.239 e. The Hall–Kier alpha value is -1.88. The molecule has 1 aromatic carbocycles. The lowest BCUT2D eigenvalue weighted by atomic mass is 9.79. The quantitative estimate of drug-likeness (QED) is 0.583. The average Bonchev–Trinajstić information content (AvgIpc) is 3.20. The second-order valence-electron chi connectivity index (χ2n) is 9.59. The van der Waals surface area contributed by atoms with Crippen LogP contribution in [0.3, 0.4) is 0 Å². The van der Waals surface area contributed by atoms with Gasteiger partial charge in [0.25, 0.3) is 0 Å². The molecule has 10 heteroatoms. The molecule has 0 radical (unpaired) electrons. The van der Waals surface area contributed by atoms with Crippen LogP contribution in [0.15, 0.2) is 18.2 Å². The number of benzene rings is 1.